The molecule has 0 aliphatic rings. The second kappa shape index (κ2) is 13.5. The van der Waals surface area contributed by atoms with E-state index in [2.05, 4.69) is 18.7 Å². The van der Waals surface area contributed by atoms with Crippen LogP contribution in [0.4, 0.5) is 4.39 Å². The third-order valence-corrected chi connectivity index (χ3v) is 5.64. The number of rotatable bonds is 14. The van der Waals surface area contributed by atoms with Crippen molar-refractivity contribution in [3.63, 3.8) is 0 Å². The predicted molar refractivity (Wildman–Crippen MR) is 138 cm³/mol. The maximum Gasteiger partial charge on any atom is 0.227 e. The lowest BCUT2D eigenvalue weighted by molar-refractivity contribution is -0.0122. The first kappa shape index (κ1) is 27.8. The Morgan fingerprint density at radius 3 is 2.36 bits per heavy atom. The Kier molecular flexibility index (Phi) is 10.4. The van der Waals surface area contributed by atoms with Gasteiger partial charge in [0.2, 0.25) is 5.88 Å². The van der Waals surface area contributed by atoms with Crippen molar-refractivity contribution in [3.8, 4) is 17.3 Å². The highest BCUT2D eigenvalue weighted by Gasteiger charge is 2.26. The molecule has 1 heterocycles. The Balaban J connectivity index is 2.03. The summed E-state index contributed by atoms with van der Waals surface area (Å²) in [6.45, 7) is 10.1. The second-order valence-electron chi connectivity index (χ2n) is 9.37. The average molecular weight is 500 g/mol. The van der Waals surface area contributed by atoms with Gasteiger partial charge >= 0.3 is 0 Å². The van der Waals surface area contributed by atoms with Gasteiger partial charge in [-0.25, -0.2) is 9.07 Å². The molecule has 196 valence electrons. The molecule has 0 bridgehead atoms. The standard InChI is InChI=1S/C28H38FN3O4/c1-20(2)27-24(18-31(15-16-34-5)17-23(33)19-35-21(3)4)28(36-26-14-10-9-13-25(26)29)32(30-27)22-11-7-6-8-12-22/h6-14,20-21,23,33H,15-19H2,1-5H3. The van der Waals surface area contributed by atoms with Gasteiger partial charge in [0, 0.05) is 26.7 Å². The van der Waals surface area contributed by atoms with E-state index in [4.69, 9.17) is 19.3 Å². The van der Waals surface area contributed by atoms with Crippen molar-refractivity contribution in [2.24, 2.45) is 0 Å². The fourth-order valence-electron chi connectivity index (χ4n) is 3.88. The van der Waals surface area contributed by atoms with Gasteiger partial charge in [0.15, 0.2) is 11.6 Å². The van der Waals surface area contributed by atoms with Gasteiger partial charge in [-0.15, -0.1) is 0 Å². The third-order valence-electron chi connectivity index (χ3n) is 5.64. The number of methoxy groups -OCH3 is 1. The first-order valence-corrected chi connectivity index (χ1v) is 12.4. The monoisotopic (exact) mass is 499 g/mol. The summed E-state index contributed by atoms with van der Waals surface area (Å²) < 4.78 is 33.5. The largest absolute Gasteiger partial charge is 0.435 e. The number of aliphatic hydroxyl groups excluding tert-OH is 1. The van der Waals surface area contributed by atoms with Crippen molar-refractivity contribution in [1.82, 2.24) is 14.7 Å². The van der Waals surface area contributed by atoms with Gasteiger partial charge in [0.25, 0.3) is 0 Å². The zero-order valence-corrected chi connectivity index (χ0v) is 21.9. The Bertz CT molecular complexity index is 1070. The fraction of sp³-hybridized carbons (Fsp3) is 0.464. The van der Waals surface area contributed by atoms with Crippen LogP contribution in [-0.2, 0) is 16.0 Å². The van der Waals surface area contributed by atoms with Crippen molar-refractivity contribution in [2.45, 2.75) is 52.4 Å². The van der Waals surface area contributed by atoms with E-state index in [0.717, 1.165) is 16.9 Å². The lowest BCUT2D eigenvalue weighted by Gasteiger charge is -2.26. The molecule has 36 heavy (non-hydrogen) atoms. The normalized spacial score (nSPS) is 12.6. The van der Waals surface area contributed by atoms with Crippen molar-refractivity contribution in [3.05, 3.63) is 71.7 Å². The second-order valence-corrected chi connectivity index (χ2v) is 9.37. The van der Waals surface area contributed by atoms with Gasteiger partial charge in [0.05, 0.1) is 42.4 Å². The van der Waals surface area contributed by atoms with E-state index in [1.165, 1.54) is 6.07 Å². The molecule has 0 saturated carbocycles. The first-order chi connectivity index (χ1) is 17.3. The molecular weight excluding hydrogens is 461 g/mol. The van der Waals surface area contributed by atoms with Crippen LogP contribution >= 0.6 is 0 Å². The third kappa shape index (κ3) is 7.61. The molecule has 0 aliphatic heterocycles. The number of hydrogen-bond donors (Lipinski definition) is 1. The Morgan fingerprint density at radius 1 is 1.03 bits per heavy atom. The van der Waals surface area contributed by atoms with Crippen LogP contribution < -0.4 is 4.74 Å². The van der Waals surface area contributed by atoms with E-state index in [1.54, 1.807) is 30.0 Å². The highest BCUT2D eigenvalue weighted by molar-refractivity contribution is 5.44. The summed E-state index contributed by atoms with van der Waals surface area (Å²) in [5.41, 5.74) is 2.50. The smallest absolute Gasteiger partial charge is 0.227 e. The lowest BCUT2D eigenvalue weighted by Crippen LogP contribution is -2.37. The molecule has 0 saturated heterocycles. The molecule has 3 rings (SSSR count). The number of hydrogen-bond acceptors (Lipinski definition) is 6. The summed E-state index contributed by atoms with van der Waals surface area (Å²) in [6.07, 6.45) is -0.642. The predicted octanol–water partition coefficient (Wildman–Crippen LogP) is 5.16. The number of aromatic nitrogens is 2. The van der Waals surface area contributed by atoms with E-state index in [0.29, 0.717) is 32.1 Å². The molecule has 0 radical (unpaired) electrons. The Hall–Kier alpha value is -2.78. The first-order valence-electron chi connectivity index (χ1n) is 12.4. The molecule has 1 aromatic heterocycles. The quantitative estimate of drug-likeness (QED) is 0.330. The highest BCUT2D eigenvalue weighted by Crippen LogP contribution is 2.35. The molecule has 1 atom stereocenters. The van der Waals surface area contributed by atoms with Crippen molar-refractivity contribution < 1.29 is 23.7 Å². The molecule has 8 heteroatoms. The van der Waals surface area contributed by atoms with Crippen LogP contribution in [0.15, 0.2) is 54.6 Å². The molecular formula is C28H38FN3O4. The molecule has 7 nitrogen and oxygen atoms in total. The van der Waals surface area contributed by atoms with Gasteiger partial charge in [-0.05, 0) is 44.0 Å². The van der Waals surface area contributed by atoms with E-state index in [-0.39, 0.29) is 24.4 Å². The zero-order chi connectivity index (χ0) is 26.1. The molecule has 1 unspecified atom stereocenters. The van der Waals surface area contributed by atoms with Crippen LogP contribution in [0.25, 0.3) is 5.69 Å². The van der Waals surface area contributed by atoms with Crippen LogP contribution in [0.1, 0.15) is 44.9 Å². The van der Waals surface area contributed by atoms with Gasteiger partial charge in [0.1, 0.15) is 0 Å². The molecule has 1 N–H and O–H groups in total. The van der Waals surface area contributed by atoms with Crippen molar-refractivity contribution in [2.75, 3.05) is 33.4 Å². The van der Waals surface area contributed by atoms with E-state index >= 15 is 0 Å². The molecule has 0 aliphatic carbocycles. The molecule has 2 aromatic carbocycles. The molecule has 3 aromatic rings. The minimum atomic E-state index is -0.674. The van der Waals surface area contributed by atoms with Gasteiger partial charge in [-0.3, -0.25) is 4.90 Å². The number of benzene rings is 2. The SMILES string of the molecule is COCCN(Cc1c(C(C)C)nn(-c2ccccc2)c1Oc1ccccc1F)CC(O)COC(C)C. The minimum absolute atomic E-state index is 0.0319. The lowest BCUT2D eigenvalue weighted by atomic mass is 10.1. The van der Waals surface area contributed by atoms with Gasteiger partial charge in [-0.2, -0.15) is 5.10 Å². The molecule has 0 amide bonds. The molecule has 0 fully saturated rings. The summed E-state index contributed by atoms with van der Waals surface area (Å²) in [4.78, 5) is 2.09. The van der Waals surface area contributed by atoms with E-state index < -0.39 is 11.9 Å². The molecule has 0 spiro atoms. The number of ether oxygens (including phenoxy) is 3. The number of aliphatic hydroxyl groups is 1. The summed E-state index contributed by atoms with van der Waals surface area (Å²) >= 11 is 0. The summed E-state index contributed by atoms with van der Waals surface area (Å²) in [7, 11) is 1.65. The Labute approximate surface area is 213 Å². The highest BCUT2D eigenvalue weighted by atomic mass is 19.1. The van der Waals surface area contributed by atoms with Gasteiger partial charge < -0.3 is 19.3 Å². The maximum atomic E-state index is 14.6. The van der Waals surface area contributed by atoms with Crippen LogP contribution in [0, 0.1) is 5.82 Å². The van der Waals surface area contributed by atoms with Crippen LogP contribution in [0.3, 0.4) is 0 Å². The van der Waals surface area contributed by atoms with Crippen LogP contribution in [0.5, 0.6) is 11.6 Å². The van der Waals surface area contributed by atoms with E-state index in [1.807, 2.05) is 44.2 Å². The van der Waals surface area contributed by atoms with Crippen LogP contribution in [0.2, 0.25) is 0 Å². The van der Waals surface area contributed by atoms with Gasteiger partial charge in [-0.1, -0.05) is 44.2 Å². The minimum Gasteiger partial charge on any atom is -0.435 e. The summed E-state index contributed by atoms with van der Waals surface area (Å²) in [6, 6.07) is 16.0. The number of halogens is 1. The Morgan fingerprint density at radius 2 is 1.72 bits per heavy atom. The fourth-order valence-corrected chi connectivity index (χ4v) is 3.88. The maximum absolute atomic E-state index is 14.6. The van der Waals surface area contributed by atoms with Crippen LogP contribution in [-0.4, -0.2) is 65.4 Å². The van der Waals surface area contributed by atoms with E-state index in [9.17, 15) is 9.50 Å². The zero-order valence-electron chi connectivity index (χ0n) is 21.9. The summed E-state index contributed by atoms with van der Waals surface area (Å²) in [5, 5.41) is 15.5. The average Bonchev–Trinajstić information content (AvgIpc) is 3.21. The van der Waals surface area contributed by atoms with Crippen molar-refractivity contribution >= 4 is 0 Å². The topological polar surface area (TPSA) is 69.0 Å². The number of nitrogens with zero attached hydrogens (tertiary/aromatic N) is 3. The van der Waals surface area contributed by atoms with Crippen molar-refractivity contribution in [1.29, 1.82) is 0 Å². The number of para-hydroxylation sites is 2. The summed E-state index contributed by atoms with van der Waals surface area (Å²) in [5.74, 6) is 0.213.